The number of benzene rings is 1. The molecule has 1 amide bonds. The average molecular weight is 393 g/mol. The molecule has 0 radical (unpaired) electrons. The van der Waals surface area contributed by atoms with Crippen LogP contribution in [0.1, 0.15) is 58.5 Å². The van der Waals surface area contributed by atoms with Gasteiger partial charge in [-0.1, -0.05) is 12.1 Å². The fourth-order valence-corrected chi connectivity index (χ4v) is 5.11. The number of aryl methyl sites for hydroxylation is 1. The van der Waals surface area contributed by atoms with Crippen molar-refractivity contribution in [2.45, 2.75) is 44.1 Å². The first-order chi connectivity index (χ1) is 13.6. The second kappa shape index (κ2) is 6.94. The van der Waals surface area contributed by atoms with Gasteiger partial charge in [0.2, 0.25) is 0 Å². The molecule has 1 saturated heterocycles. The number of likely N-dealkylation sites (tertiary alicyclic amines) is 1. The molecule has 2 aliphatic rings. The van der Waals surface area contributed by atoms with Crippen LogP contribution in [-0.2, 0) is 0 Å². The van der Waals surface area contributed by atoms with E-state index < -0.39 is 0 Å². The molecule has 2 N–H and O–H groups in total. The molecule has 1 aliphatic heterocycles. The lowest BCUT2D eigenvalue weighted by molar-refractivity contribution is 0.0714. The zero-order chi connectivity index (χ0) is 19.3. The Balaban J connectivity index is 1.32. The number of hydrogen-bond donors (Lipinski definition) is 1. The first-order valence-electron chi connectivity index (χ1n) is 9.96. The number of aromatic nitrogens is 2. The van der Waals surface area contributed by atoms with Gasteiger partial charge in [-0.15, -0.1) is 11.3 Å². The smallest absolute Gasteiger partial charge is 0.253 e. The number of nitrogens with zero attached hydrogens (tertiary/aromatic N) is 3. The first-order valence-corrected chi connectivity index (χ1v) is 10.8. The van der Waals surface area contributed by atoms with Gasteiger partial charge in [0.15, 0.2) is 0 Å². The Bertz CT molecular complexity index is 1020. The third-order valence-electron chi connectivity index (χ3n) is 6.02. The van der Waals surface area contributed by atoms with Crippen molar-refractivity contribution in [3.63, 3.8) is 0 Å². The summed E-state index contributed by atoms with van der Waals surface area (Å²) in [6, 6.07) is 10.6. The molecular weight excluding hydrogens is 368 g/mol. The second-order valence-corrected chi connectivity index (χ2v) is 8.89. The number of amides is 1. The summed E-state index contributed by atoms with van der Waals surface area (Å²) in [5.74, 6) is 1.90. The molecule has 1 saturated carbocycles. The summed E-state index contributed by atoms with van der Waals surface area (Å²) in [6.45, 7) is 3.49. The van der Waals surface area contributed by atoms with Crippen LogP contribution in [0.25, 0.3) is 10.2 Å². The van der Waals surface area contributed by atoms with Gasteiger partial charge in [0.1, 0.15) is 10.7 Å². The Kier molecular flexibility index (Phi) is 4.40. The summed E-state index contributed by atoms with van der Waals surface area (Å²) < 4.78 is 0. The quantitative estimate of drug-likeness (QED) is 0.735. The summed E-state index contributed by atoms with van der Waals surface area (Å²) in [4.78, 5) is 25.0. The van der Waals surface area contributed by atoms with Crippen molar-refractivity contribution >= 4 is 27.5 Å². The van der Waals surface area contributed by atoms with E-state index in [4.69, 9.17) is 10.7 Å². The van der Waals surface area contributed by atoms with Gasteiger partial charge in [-0.3, -0.25) is 4.79 Å². The fourth-order valence-electron chi connectivity index (χ4n) is 4.30. The first kappa shape index (κ1) is 17.8. The van der Waals surface area contributed by atoms with Crippen LogP contribution >= 0.6 is 11.3 Å². The number of rotatable bonds is 3. The number of thiophene rings is 1. The minimum absolute atomic E-state index is 0.122. The van der Waals surface area contributed by atoms with Crippen molar-refractivity contribution < 1.29 is 4.79 Å². The van der Waals surface area contributed by atoms with Gasteiger partial charge in [-0.2, -0.15) is 0 Å². The zero-order valence-corrected chi connectivity index (χ0v) is 16.8. The molecule has 0 spiro atoms. The maximum Gasteiger partial charge on any atom is 0.253 e. The second-order valence-electron chi connectivity index (χ2n) is 8.00. The van der Waals surface area contributed by atoms with E-state index in [0.717, 1.165) is 48.6 Å². The molecule has 2 unspecified atom stereocenters. The molecule has 28 heavy (non-hydrogen) atoms. The maximum absolute atomic E-state index is 12.7. The number of carbonyl (C=O) groups excluding carboxylic acids is 1. The molecule has 1 aromatic carbocycles. The molecule has 2 atom stereocenters. The van der Waals surface area contributed by atoms with Gasteiger partial charge in [0.05, 0.1) is 5.69 Å². The van der Waals surface area contributed by atoms with Crippen LogP contribution in [0.15, 0.2) is 35.7 Å². The normalized spacial score (nSPS) is 22.6. The molecule has 5 nitrogen and oxygen atoms in total. The monoisotopic (exact) mass is 392 g/mol. The van der Waals surface area contributed by atoms with E-state index in [1.54, 1.807) is 11.3 Å². The Labute approximate surface area is 168 Å². The van der Waals surface area contributed by atoms with Crippen molar-refractivity contribution in [2.75, 3.05) is 13.1 Å². The van der Waals surface area contributed by atoms with Crippen LogP contribution < -0.4 is 5.73 Å². The lowest BCUT2D eigenvalue weighted by atomic mass is 10.0. The van der Waals surface area contributed by atoms with E-state index in [0.29, 0.717) is 11.8 Å². The van der Waals surface area contributed by atoms with Crippen LogP contribution in [0.4, 0.5) is 0 Å². The fraction of sp³-hybridized carbons (Fsp3) is 0.409. The standard InChI is InChI=1S/C22H24N4OS/c1-13-24-20(17-8-11-28-21(17)25-13)19-12-18(19)14-2-4-15(5-3-14)22(27)26-9-6-16(23)7-10-26/h2-5,8,11,16,18-19H,6-7,9-10,12,23H2,1H3. The van der Waals surface area contributed by atoms with E-state index >= 15 is 0 Å². The van der Waals surface area contributed by atoms with Gasteiger partial charge in [0.25, 0.3) is 5.91 Å². The molecule has 2 fully saturated rings. The van der Waals surface area contributed by atoms with E-state index in [2.05, 4.69) is 28.6 Å². The summed E-state index contributed by atoms with van der Waals surface area (Å²) >= 11 is 1.68. The molecular formula is C22H24N4OS. The van der Waals surface area contributed by atoms with Crippen LogP contribution in [0.5, 0.6) is 0 Å². The van der Waals surface area contributed by atoms with E-state index in [1.807, 2.05) is 24.0 Å². The Morgan fingerprint density at radius 1 is 1.11 bits per heavy atom. The Hall–Kier alpha value is -2.31. The highest BCUT2D eigenvalue weighted by Gasteiger charge is 2.41. The van der Waals surface area contributed by atoms with Crippen molar-refractivity contribution in [1.29, 1.82) is 0 Å². The maximum atomic E-state index is 12.7. The number of nitrogens with two attached hydrogens (primary N) is 1. The number of piperidine rings is 1. The minimum Gasteiger partial charge on any atom is -0.339 e. The van der Waals surface area contributed by atoms with Gasteiger partial charge < -0.3 is 10.6 Å². The summed E-state index contributed by atoms with van der Waals surface area (Å²) in [6.07, 6.45) is 2.89. The van der Waals surface area contributed by atoms with Crippen molar-refractivity contribution in [3.05, 3.63) is 58.4 Å². The van der Waals surface area contributed by atoms with E-state index in [1.165, 1.54) is 16.6 Å². The van der Waals surface area contributed by atoms with Crippen molar-refractivity contribution in [1.82, 2.24) is 14.9 Å². The molecule has 0 bridgehead atoms. The predicted molar refractivity (Wildman–Crippen MR) is 112 cm³/mol. The highest BCUT2D eigenvalue weighted by Crippen LogP contribution is 2.55. The molecule has 3 heterocycles. The summed E-state index contributed by atoms with van der Waals surface area (Å²) in [5, 5.41) is 3.28. The molecule has 3 aromatic rings. The summed E-state index contributed by atoms with van der Waals surface area (Å²) in [5.41, 5.74) is 9.19. The molecule has 6 heteroatoms. The van der Waals surface area contributed by atoms with Crippen LogP contribution in [0.3, 0.4) is 0 Å². The molecule has 2 aromatic heterocycles. The van der Waals surface area contributed by atoms with Gasteiger partial charge in [0, 0.05) is 36.0 Å². The van der Waals surface area contributed by atoms with Gasteiger partial charge in [-0.25, -0.2) is 9.97 Å². The molecule has 5 rings (SSSR count). The highest BCUT2D eigenvalue weighted by atomic mass is 32.1. The predicted octanol–water partition coefficient (Wildman–Crippen LogP) is 3.83. The van der Waals surface area contributed by atoms with Gasteiger partial charge >= 0.3 is 0 Å². The SMILES string of the molecule is Cc1nc(C2CC2c2ccc(C(=O)N3CCC(N)CC3)cc2)c2ccsc2n1. The largest absolute Gasteiger partial charge is 0.339 e. The highest BCUT2D eigenvalue weighted by molar-refractivity contribution is 7.16. The minimum atomic E-state index is 0.122. The van der Waals surface area contributed by atoms with Crippen LogP contribution in [0.2, 0.25) is 0 Å². The van der Waals surface area contributed by atoms with Crippen LogP contribution in [0, 0.1) is 6.92 Å². The topological polar surface area (TPSA) is 72.1 Å². The van der Waals surface area contributed by atoms with E-state index in [9.17, 15) is 4.79 Å². The third kappa shape index (κ3) is 3.20. The molecule has 1 aliphatic carbocycles. The van der Waals surface area contributed by atoms with Crippen molar-refractivity contribution in [3.8, 4) is 0 Å². The third-order valence-corrected chi connectivity index (χ3v) is 6.83. The number of hydrogen-bond acceptors (Lipinski definition) is 5. The number of fused-ring (bicyclic) bond motifs is 1. The lowest BCUT2D eigenvalue weighted by Gasteiger charge is -2.30. The van der Waals surface area contributed by atoms with Crippen LogP contribution in [-0.4, -0.2) is 39.9 Å². The zero-order valence-electron chi connectivity index (χ0n) is 16.0. The number of carbonyl (C=O) groups is 1. The Morgan fingerprint density at radius 3 is 2.61 bits per heavy atom. The summed E-state index contributed by atoms with van der Waals surface area (Å²) in [7, 11) is 0. The van der Waals surface area contributed by atoms with E-state index in [-0.39, 0.29) is 11.9 Å². The Morgan fingerprint density at radius 2 is 1.86 bits per heavy atom. The molecule has 144 valence electrons. The van der Waals surface area contributed by atoms with Crippen molar-refractivity contribution in [2.24, 2.45) is 5.73 Å². The lowest BCUT2D eigenvalue weighted by Crippen LogP contribution is -2.42. The van der Waals surface area contributed by atoms with Gasteiger partial charge in [-0.05, 0) is 61.2 Å². The average Bonchev–Trinajstić information content (AvgIpc) is 3.37.